The third-order valence-corrected chi connectivity index (χ3v) is 8.67. The van der Waals surface area contributed by atoms with E-state index in [2.05, 4.69) is 5.10 Å². The van der Waals surface area contributed by atoms with Crippen molar-refractivity contribution in [1.29, 1.82) is 0 Å². The van der Waals surface area contributed by atoms with E-state index in [1.165, 1.54) is 11.8 Å². The zero-order valence-electron chi connectivity index (χ0n) is 13.9. The van der Waals surface area contributed by atoms with Crippen LogP contribution in [-0.2, 0) is 17.2 Å². The Balaban J connectivity index is 1.93. The number of benzene rings is 1. The Hall–Kier alpha value is -1.03. The van der Waals surface area contributed by atoms with Gasteiger partial charge in [0.25, 0.3) is 0 Å². The van der Waals surface area contributed by atoms with Gasteiger partial charge in [-0.25, -0.2) is 0 Å². The number of aromatic nitrogens is 2. The Morgan fingerprint density at radius 2 is 1.96 bits per heavy atom. The van der Waals surface area contributed by atoms with E-state index in [-0.39, 0.29) is 21.5 Å². The Morgan fingerprint density at radius 3 is 2.52 bits per heavy atom. The van der Waals surface area contributed by atoms with E-state index < -0.39 is 10.1 Å². The number of hydrogen-bond acceptors (Lipinski definition) is 7. The highest BCUT2D eigenvalue weighted by atomic mass is 35.5. The summed E-state index contributed by atoms with van der Waals surface area (Å²) >= 11 is 9.77. The second-order valence-corrected chi connectivity index (χ2v) is 9.92. The van der Waals surface area contributed by atoms with E-state index in [0.29, 0.717) is 10.3 Å². The van der Waals surface area contributed by atoms with Crippen LogP contribution < -0.4 is 8.92 Å². The molecular weight excluding hydrogens is 404 g/mol. The van der Waals surface area contributed by atoms with Gasteiger partial charge in [0.2, 0.25) is 0 Å². The average Bonchev–Trinajstić information content (AvgIpc) is 3.16. The van der Waals surface area contributed by atoms with Gasteiger partial charge < -0.3 is 8.92 Å². The van der Waals surface area contributed by atoms with Crippen LogP contribution in [0.25, 0.3) is 0 Å². The molecule has 1 aromatic carbocycles. The predicted molar refractivity (Wildman–Crippen MR) is 101 cm³/mol. The van der Waals surface area contributed by atoms with Gasteiger partial charge in [-0.05, 0) is 24.6 Å². The van der Waals surface area contributed by atoms with Crippen molar-refractivity contribution in [2.24, 2.45) is 7.05 Å². The maximum Gasteiger partial charge on any atom is 0.344 e. The lowest BCUT2D eigenvalue weighted by molar-refractivity contribution is 0.390. The summed E-state index contributed by atoms with van der Waals surface area (Å²) in [6.07, 6.45) is 0. The molecule has 0 atom stereocenters. The van der Waals surface area contributed by atoms with Gasteiger partial charge in [0.05, 0.1) is 17.4 Å². The number of halogens is 1. The molecule has 2 aromatic rings. The van der Waals surface area contributed by atoms with Crippen molar-refractivity contribution in [1.82, 2.24) is 9.78 Å². The number of methoxy groups -OCH3 is 1. The SMILES string of the molecule is COc1cc(C2SCCS2)ccc1OS(=O)(=O)c1c(C)nn(C)c1Cl. The fraction of sp³-hybridized carbons (Fsp3) is 0.400. The van der Waals surface area contributed by atoms with Crippen molar-refractivity contribution >= 4 is 45.2 Å². The van der Waals surface area contributed by atoms with E-state index >= 15 is 0 Å². The third kappa shape index (κ3) is 3.74. The summed E-state index contributed by atoms with van der Waals surface area (Å²) in [5.74, 6) is 2.69. The monoisotopic (exact) mass is 420 g/mol. The lowest BCUT2D eigenvalue weighted by Gasteiger charge is -2.14. The molecule has 25 heavy (non-hydrogen) atoms. The summed E-state index contributed by atoms with van der Waals surface area (Å²) in [7, 11) is -1.07. The normalized spacial score (nSPS) is 15.5. The van der Waals surface area contributed by atoms with Gasteiger partial charge in [-0.3, -0.25) is 4.68 Å². The predicted octanol–water partition coefficient (Wildman–Crippen LogP) is 3.64. The number of rotatable bonds is 5. The highest BCUT2D eigenvalue weighted by molar-refractivity contribution is 8.19. The number of hydrogen-bond donors (Lipinski definition) is 0. The summed E-state index contributed by atoms with van der Waals surface area (Å²) in [6, 6.07) is 5.30. The Morgan fingerprint density at radius 1 is 1.28 bits per heavy atom. The molecule has 6 nitrogen and oxygen atoms in total. The van der Waals surface area contributed by atoms with Crippen LogP contribution in [0, 0.1) is 6.92 Å². The minimum Gasteiger partial charge on any atom is -0.493 e. The fourth-order valence-corrected chi connectivity index (χ4v) is 7.00. The van der Waals surface area contributed by atoms with Gasteiger partial charge in [-0.2, -0.15) is 13.5 Å². The molecule has 0 spiro atoms. The maximum absolute atomic E-state index is 12.6. The topological polar surface area (TPSA) is 70.4 Å². The summed E-state index contributed by atoms with van der Waals surface area (Å²) in [5.41, 5.74) is 1.35. The standard InChI is InChI=1S/C15H17ClN2O4S3/c1-9-13(14(16)18(2)17-9)25(19,20)22-11-5-4-10(8-12(11)21-3)15-23-6-7-24-15/h4-5,8,15H,6-7H2,1-3H3. The lowest BCUT2D eigenvalue weighted by Crippen LogP contribution is -2.12. The van der Waals surface area contributed by atoms with Gasteiger partial charge in [-0.15, -0.1) is 23.5 Å². The molecular formula is C15H17ClN2O4S3. The van der Waals surface area contributed by atoms with Crippen molar-refractivity contribution in [2.75, 3.05) is 18.6 Å². The molecule has 1 fully saturated rings. The molecule has 2 heterocycles. The van der Waals surface area contributed by atoms with E-state index in [4.69, 9.17) is 20.5 Å². The Labute approximate surface area is 160 Å². The van der Waals surface area contributed by atoms with Crippen molar-refractivity contribution < 1.29 is 17.3 Å². The molecule has 0 radical (unpaired) electrons. The van der Waals surface area contributed by atoms with E-state index in [9.17, 15) is 8.42 Å². The van der Waals surface area contributed by atoms with Gasteiger partial charge in [0.15, 0.2) is 16.4 Å². The highest BCUT2D eigenvalue weighted by Crippen LogP contribution is 2.47. The first kappa shape index (κ1) is 18.8. The largest absolute Gasteiger partial charge is 0.493 e. The molecule has 1 aliphatic rings. The highest BCUT2D eigenvalue weighted by Gasteiger charge is 2.29. The molecule has 1 aliphatic heterocycles. The summed E-state index contributed by atoms with van der Waals surface area (Å²) in [4.78, 5) is -0.135. The van der Waals surface area contributed by atoms with Crippen LogP contribution in [0.1, 0.15) is 15.8 Å². The molecule has 0 aliphatic carbocycles. The smallest absolute Gasteiger partial charge is 0.344 e. The van der Waals surface area contributed by atoms with Crippen LogP contribution in [0.2, 0.25) is 5.15 Å². The van der Waals surface area contributed by atoms with Crippen molar-refractivity contribution in [3.63, 3.8) is 0 Å². The number of nitrogens with zero attached hydrogens (tertiary/aromatic N) is 2. The number of aryl methyl sites for hydroxylation is 2. The van der Waals surface area contributed by atoms with Gasteiger partial charge in [0.1, 0.15) is 5.15 Å². The minimum atomic E-state index is -4.12. The zero-order valence-corrected chi connectivity index (χ0v) is 17.1. The first-order chi connectivity index (χ1) is 11.8. The van der Waals surface area contributed by atoms with Crippen molar-refractivity contribution in [3.8, 4) is 11.5 Å². The van der Waals surface area contributed by atoms with E-state index in [0.717, 1.165) is 17.1 Å². The summed E-state index contributed by atoms with van der Waals surface area (Å²) in [6.45, 7) is 1.57. The molecule has 136 valence electrons. The second kappa shape index (κ2) is 7.30. The maximum atomic E-state index is 12.6. The molecule has 1 aromatic heterocycles. The van der Waals surface area contributed by atoms with Crippen LogP contribution in [-0.4, -0.2) is 36.8 Å². The molecule has 0 N–H and O–H groups in total. The Kier molecular flexibility index (Phi) is 5.48. The zero-order chi connectivity index (χ0) is 18.2. The molecule has 10 heteroatoms. The lowest BCUT2D eigenvalue weighted by atomic mass is 10.2. The summed E-state index contributed by atoms with van der Waals surface area (Å²) < 4.78 is 37.5. The molecule has 3 rings (SSSR count). The van der Waals surface area contributed by atoms with Gasteiger partial charge >= 0.3 is 10.1 Å². The quantitative estimate of drug-likeness (QED) is 0.684. The molecule has 0 bridgehead atoms. The van der Waals surface area contributed by atoms with Crippen LogP contribution in [0.5, 0.6) is 11.5 Å². The fourth-order valence-electron chi connectivity index (χ4n) is 2.50. The molecule has 0 unspecified atom stereocenters. The van der Waals surface area contributed by atoms with E-state index in [1.807, 2.05) is 35.7 Å². The third-order valence-electron chi connectivity index (χ3n) is 3.63. The molecule has 0 amide bonds. The first-order valence-corrected chi connectivity index (χ1v) is 11.3. The van der Waals surface area contributed by atoms with E-state index in [1.54, 1.807) is 20.0 Å². The van der Waals surface area contributed by atoms with Crippen LogP contribution >= 0.6 is 35.1 Å². The second-order valence-electron chi connectivity index (χ2n) is 5.35. The van der Waals surface area contributed by atoms with Crippen molar-refractivity contribution in [3.05, 3.63) is 34.6 Å². The first-order valence-electron chi connectivity index (χ1n) is 7.38. The van der Waals surface area contributed by atoms with Gasteiger partial charge in [-0.1, -0.05) is 17.7 Å². The van der Waals surface area contributed by atoms with Crippen LogP contribution in [0.3, 0.4) is 0 Å². The molecule has 0 saturated carbocycles. The average molecular weight is 421 g/mol. The van der Waals surface area contributed by atoms with Crippen LogP contribution in [0.15, 0.2) is 23.1 Å². The number of ether oxygens (including phenoxy) is 1. The summed E-state index contributed by atoms with van der Waals surface area (Å²) in [5, 5.41) is 4.02. The van der Waals surface area contributed by atoms with Crippen LogP contribution in [0.4, 0.5) is 0 Å². The number of thioether (sulfide) groups is 2. The van der Waals surface area contributed by atoms with Crippen molar-refractivity contribution in [2.45, 2.75) is 16.4 Å². The molecule has 1 saturated heterocycles. The minimum absolute atomic E-state index is 0.00634. The van der Waals surface area contributed by atoms with Gasteiger partial charge in [0, 0.05) is 18.6 Å². The Bertz CT molecular complexity index is 892.